The van der Waals surface area contributed by atoms with Gasteiger partial charge in [-0.05, 0) is 6.92 Å². The Labute approximate surface area is 97.9 Å². The standard InChI is InChI=1S/C9H14N4O4/c1-6(12(3-4-14)8(16)10-2)13-5-7(15)11-9(13)17/h4,6H,3,5H2,1-2H3,(H,10,16)(H,11,15,17). The molecule has 0 aromatic rings. The number of hydrogen-bond acceptors (Lipinski definition) is 4. The third-order valence-corrected chi connectivity index (χ3v) is 2.47. The Morgan fingerprint density at radius 3 is 2.71 bits per heavy atom. The van der Waals surface area contributed by atoms with Gasteiger partial charge in [0, 0.05) is 7.05 Å². The first-order valence-corrected chi connectivity index (χ1v) is 5.03. The maximum Gasteiger partial charge on any atom is 0.326 e. The van der Waals surface area contributed by atoms with Crippen LogP contribution in [0.2, 0.25) is 0 Å². The zero-order valence-electron chi connectivity index (χ0n) is 9.60. The highest BCUT2D eigenvalue weighted by Gasteiger charge is 2.34. The maximum absolute atomic E-state index is 11.5. The lowest BCUT2D eigenvalue weighted by Crippen LogP contribution is -2.53. The van der Waals surface area contributed by atoms with Crippen LogP contribution in [0.3, 0.4) is 0 Å². The fourth-order valence-electron chi connectivity index (χ4n) is 1.56. The average Bonchev–Trinajstić information content (AvgIpc) is 2.63. The normalized spacial score (nSPS) is 16.5. The van der Waals surface area contributed by atoms with Gasteiger partial charge in [-0.15, -0.1) is 0 Å². The lowest BCUT2D eigenvalue weighted by atomic mass is 10.4. The topological polar surface area (TPSA) is 98.8 Å². The van der Waals surface area contributed by atoms with Gasteiger partial charge in [-0.2, -0.15) is 0 Å². The van der Waals surface area contributed by atoms with E-state index in [1.54, 1.807) is 6.92 Å². The van der Waals surface area contributed by atoms with Gasteiger partial charge >= 0.3 is 12.1 Å². The van der Waals surface area contributed by atoms with Gasteiger partial charge in [0.1, 0.15) is 19.0 Å². The quantitative estimate of drug-likeness (QED) is 0.474. The van der Waals surface area contributed by atoms with E-state index in [0.717, 1.165) is 4.90 Å². The maximum atomic E-state index is 11.5. The van der Waals surface area contributed by atoms with Gasteiger partial charge in [-0.25, -0.2) is 9.59 Å². The Morgan fingerprint density at radius 1 is 1.65 bits per heavy atom. The summed E-state index contributed by atoms with van der Waals surface area (Å²) in [5, 5.41) is 4.47. The first-order chi connectivity index (χ1) is 8.01. The Kier molecular flexibility index (Phi) is 4.02. The van der Waals surface area contributed by atoms with Gasteiger partial charge in [0.15, 0.2) is 0 Å². The fourth-order valence-corrected chi connectivity index (χ4v) is 1.56. The number of amides is 5. The van der Waals surface area contributed by atoms with Crippen molar-refractivity contribution >= 4 is 24.3 Å². The first-order valence-electron chi connectivity index (χ1n) is 5.03. The van der Waals surface area contributed by atoms with Gasteiger partial charge in [0.05, 0.1) is 6.54 Å². The SMILES string of the molecule is CNC(=O)N(CC=O)C(C)N1CC(=O)NC1=O. The fraction of sp³-hybridized carbons (Fsp3) is 0.556. The summed E-state index contributed by atoms with van der Waals surface area (Å²) >= 11 is 0. The van der Waals surface area contributed by atoms with Crippen LogP contribution in [-0.2, 0) is 9.59 Å². The number of carbonyl (C=O) groups is 4. The molecule has 0 saturated carbocycles. The molecule has 5 amide bonds. The zero-order valence-corrected chi connectivity index (χ0v) is 9.60. The lowest BCUT2D eigenvalue weighted by molar-refractivity contribution is -0.118. The van der Waals surface area contributed by atoms with Gasteiger partial charge in [0.2, 0.25) is 5.91 Å². The Bertz CT molecular complexity index is 357. The van der Waals surface area contributed by atoms with E-state index in [1.165, 1.54) is 11.9 Å². The molecule has 0 aliphatic carbocycles. The van der Waals surface area contributed by atoms with Crippen molar-refractivity contribution in [1.29, 1.82) is 0 Å². The highest BCUT2D eigenvalue weighted by molar-refractivity contribution is 6.02. The smallest absolute Gasteiger partial charge is 0.326 e. The predicted molar refractivity (Wildman–Crippen MR) is 56.9 cm³/mol. The minimum atomic E-state index is -0.674. The Balaban J connectivity index is 2.80. The van der Waals surface area contributed by atoms with Crippen molar-refractivity contribution in [2.75, 3.05) is 20.1 Å². The second-order valence-electron chi connectivity index (χ2n) is 3.49. The van der Waals surface area contributed by atoms with Crippen LogP contribution >= 0.6 is 0 Å². The number of nitrogens with zero attached hydrogens (tertiary/aromatic N) is 2. The Hall–Kier alpha value is -2.12. The van der Waals surface area contributed by atoms with E-state index in [9.17, 15) is 19.2 Å². The summed E-state index contributed by atoms with van der Waals surface area (Å²) in [4.78, 5) is 46.8. The minimum Gasteiger partial charge on any atom is -0.341 e. The molecule has 8 heteroatoms. The summed E-state index contributed by atoms with van der Waals surface area (Å²) in [5.74, 6) is -0.426. The molecule has 1 fully saturated rings. The second-order valence-corrected chi connectivity index (χ2v) is 3.49. The number of urea groups is 2. The summed E-state index contributed by atoms with van der Waals surface area (Å²) in [5.41, 5.74) is 0. The largest absolute Gasteiger partial charge is 0.341 e. The van der Waals surface area contributed by atoms with Crippen LogP contribution in [-0.4, -0.2) is 60.4 Å². The van der Waals surface area contributed by atoms with Gasteiger partial charge in [-0.1, -0.05) is 0 Å². The molecule has 0 spiro atoms. The van der Waals surface area contributed by atoms with Crippen molar-refractivity contribution in [3.05, 3.63) is 0 Å². The third-order valence-electron chi connectivity index (χ3n) is 2.47. The molecule has 0 aromatic carbocycles. The number of hydrogen-bond donors (Lipinski definition) is 2. The van der Waals surface area contributed by atoms with Crippen molar-refractivity contribution in [2.24, 2.45) is 0 Å². The van der Waals surface area contributed by atoms with Crippen molar-refractivity contribution in [2.45, 2.75) is 13.1 Å². The number of aldehydes is 1. The van der Waals surface area contributed by atoms with E-state index in [-0.39, 0.29) is 13.1 Å². The molecule has 1 unspecified atom stereocenters. The Morgan fingerprint density at radius 2 is 2.29 bits per heavy atom. The van der Waals surface area contributed by atoms with E-state index < -0.39 is 24.1 Å². The number of rotatable bonds is 4. The van der Waals surface area contributed by atoms with Crippen LogP contribution in [0, 0.1) is 0 Å². The van der Waals surface area contributed by atoms with Gasteiger partial charge in [0.25, 0.3) is 0 Å². The average molecular weight is 242 g/mol. The van der Waals surface area contributed by atoms with Crippen LogP contribution in [0.1, 0.15) is 6.92 Å². The summed E-state index contributed by atoms with van der Waals surface area (Å²) in [6, 6.07) is -1.06. The zero-order chi connectivity index (χ0) is 13.0. The van der Waals surface area contributed by atoms with Crippen molar-refractivity contribution < 1.29 is 19.2 Å². The first kappa shape index (κ1) is 12.9. The molecule has 1 rings (SSSR count). The molecule has 1 atom stereocenters. The predicted octanol–water partition coefficient (Wildman–Crippen LogP) is -1.28. The summed E-state index contributed by atoms with van der Waals surface area (Å²) in [7, 11) is 1.42. The number of carbonyl (C=O) groups excluding carboxylic acids is 4. The molecule has 1 saturated heterocycles. The van der Waals surface area contributed by atoms with Gasteiger partial charge in [-0.3, -0.25) is 19.9 Å². The number of nitrogens with one attached hydrogen (secondary N) is 2. The molecule has 1 heterocycles. The van der Waals surface area contributed by atoms with Crippen LogP contribution in [0.5, 0.6) is 0 Å². The molecule has 94 valence electrons. The van der Waals surface area contributed by atoms with E-state index in [4.69, 9.17) is 0 Å². The van der Waals surface area contributed by atoms with E-state index in [2.05, 4.69) is 10.6 Å². The van der Waals surface area contributed by atoms with E-state index in [1.807, 2.05) is 0 Å². The van der Waals surface area contributed by atoms with Crippen molar-refractivity contribution in [1.82, 2.24) is 20.4 Å². The van der Waals surface area contributed by atoms with Gasteiger partial charge < -0.3 is 10.1 Å². The molecular weight excluding hydrogens is 228 g/mol. The molecule has 1 aliphatic heterocycles. The summed E-state index contributed by atoms with van der Waals surface area (Å²) in [6.07, 6.45) is -0.117. The lowest BCUT2D eigenvalue weighted by Gasteiger charge is -2.32. The van der Waals surface area contributed by atoms with E-state index in [0.29, 0.717) is 6.29 Å². The molecule has 0 bridgehead atoms. The molecular formula is C9H14N4O4. The highest BCUT2D eigenvalue weighted by atomic mass is 16.2. The van der Waals surface area contributed by atoms with Crippen LogP contribution < -0.4 is 10.6 Å². The molecule has 17 heavy (non-hydrogen) atoms. The molecule has 0 radical (unpaired) electrons. The molecule has 0 aromatic heterocycles. The van der Waals surface area contributed by atoms with Crippen LogP contribution in [0.15, 0.2) is 0 Å². The second kappa shape index (κ2) is 5.28. The molecule has 1 aliphatic rings. The highest BCUT2D eigenvalue weighted by Crippen LogP contribution is 2.09. The van der Waals surface area contributed by atoms with Crippen LogP contribution in [0.25, 0.3) is 0 Å². The summed E-state index contributed by atoms with van der Waals surface area (Å²) < 4.78 is 0. The van der Waals surface area contributed by atoms with Crippen molar-refractivity contribution in [3.8, 4) is 0 Å². The molecule has 8 nitrogen and oxygen atoms in total. The monoisotopic (exact) mass is 242 g/mol. The molecule has 2 N–H and O–H groups in total. The van der Waals surface area contributed by atoms with E-state index >= 15 is 0 Å². The third kappa shape index (κ3) is 2.71. The number of imide groups is 1. The van der Waals surface area contributed by atoms with Crippen LogP contribution in [0.4, 0.5) is 9.59 Å². The minimum absolute atomic E-state index is 0.119. The van der Waals surface area contributed by atoms with Crippen molar-refractivity contribution in [3.63, 3.8) is 0 Å². The summed E-state index contributed by atoms with van der Waals surface area (Å²) in [6.45, 7) is 1.29.